The van der Waals surface area contributed by atoms with Crippen molar-refractivity contribution in [3.8, 4) is 0 Å². The minimum absolute atomic E-state index is 0.0809. The van der Waals surface area contributed by atoms with Crippen LogP contribution in [0.15, 0.2) is 97.3 Å². The average Bonchev–Trinajstić information content (AvgIpc) is 1.63. The van der Waals surface area contributed by atoms with E-state index in [9.17, 15) is 24.0 Å². The van der Waals surface area contributed by atoms with Gasteiger partial charge in [0.1, 0.15) is 31.8 Å². The maximum Gasteiger partial charge on any atom is 0.410 e. The Hall–Kier alpha value is -8.18. The molecule has 20 nitrogen and oxygen atoms in total. The van der Waals surface area contributed by atoms with Crippen LogP contribution in [0.1, 0.15) is 127 Å². The van der Waals surface area contributed by atoms with E-state index in [1.165, 1.54) is 101 Å². The van der Waals surface area contributed by atoms with Crippen molar-refractivity contribution in [2.24, 2.45) is 5.92 Å². The molecule has 0 aliphatic carbocycles. The summed E-state index contributed by atoms with van der Waals surface area (Å²) in [6.07, 6.45) is 11.8. The number of ether oxygens (including phenoxy) is 1. The lowest BCUT2D eigenvalue weighted by molar-refractivity contribution is -0.134. The van der Waals surface area contributed by atoms with Gasteiger partial charge in [0, 0.05) is 232 Å². The summed E-state index contributed by atoms with van der Waals surface area (Å²) in [5, 5.41) is 5.83. The molecule has 0 saturated carbocycles. The molecule has 8 aliphatic heterocycles. The number of hydrogen-bond acceptors (Lipinski definition) is 12. The standard InChI is InChI=1S/C24H28N4O.C23H31ClN4O3.C21H29N3O.C19H25N3OS/c1-17-7-8-22-19(13-17)20-15-26(2)12-9-23(20)28(22)16-24(29)27-11-4-6-21(27)18-5-3-10-25-14-18;1-23(2,3)31-22(30)27-11-9-26(10-12-27)21(29)15-28-19-6-5-16(24)13-17(19)18-14-25(4)8-7-20(18)28;1-15-6-7-19-17(11-15)18-13-22(3)10-8-20(18)24(19)14-21(25)23-9-4-5-16(2)12-23;1-14-3-4-17-15(11-14)16-12-20(2)6-5-18(16)22(17)13-19(23)21-7-9-24-10-8-21/h3,5,7-8,10,13-14,21H,4,6,9,11-12,15-16H2,1-2H3;5-6,13H,7-12,14-15H2,1-4H3;6-7,11,16H,4-5,8-10,12-14H2,1-3H3;3-4,11H,5-10,12-13H2,1-2H3. The van der Waals surface area contributed by atoms with Crippen LogP contribution in [0.4, 0.5) is 4.79 Å². The Bertz CT molecular complexity index is 4840. The number of halogens is 1. The van der Waals surface area contributed by atoms with E-state index in [1.54, 1.807) is 11.1 Å². The molecule has 5 amide bonds. The molecule has 109 heavy (non-hydrogen) atoms. The average molecular weight is 1520 g/mol. The SMILES string of the molecule is CN1CCc2c(c3cc(Cl)ccc3n2CC(=O)N2CCN(C(=O)OC(C)(C)C)CC2)C1.Cc1ccc2c(c1)c1c(n2CC(=O)N2CCCC(C)C2)CCN(C)C1.Cc1ccc2c(c1)c1c(n2CC(=O)N2CCCC2c2cccnc2)CCN(C)C1.Cc1ccc2c(c1)c1c(n2CC(=O)N2CCSCC2)CCN(C)C1. The lowest BCUT2D eigenvalue weighted by atomic mass is 10.0. The van der Waals surface area contributed by atoms with E-state index < -0.39 is 5.60 Å². The number of benzene rings is 4. The van der Waals surface area contributed by atoms with Gasteiger partial charge in [0.05, 0.1) is 6.04 Å². The number of piperidine rings is 1. The Labute approximate surface area is 653 Å². The number of pyridine rings is 1. The highest BCUT2D eigenvalue weighted by Crippen LogP contribution is 2.38. The third kappa shape index (κ3) is 17.3. The zero-order valence-electron chi connectivity index (χ0n) is 66.3. The molecule has 2 atom stereocenters. The van der Waals surface area contributed by atoms with Crippen molar-refractivity contribution in [2.45, 2.75) is 164 Å². The van der Waals surface area contributed by atoms with Gasteiger partial charge in [-0.05, 0) is 190 Å². The fraction of sp³-hybridized carbons (Fsp3) is 0.517. The van der Waals surface area contributed by atoms with Gasteiger partial charge < -0.3 is 67.1 Å². The predicted molar refractivity (Wildman–Crippen MR) is 438 cm³/mol. The Morgan fingerprint density at radius 2 is 0.881 bits per heavy atom. The van der Waals surface area contributed by atoms with E-state index in [0.29, 0.717) is 63.3 Å². The molecule has 2 unspecified atom stereocenters. The van der Waals surface area contributed by atoms with Crippen LogP contribution in [0.25, 0.3) is 43.6 Å². The lowest BCUT2D eigenvalue weighted by Gasteiger charge is -2.35. The van der Waals surface area contributed by atoms with E-state index >= 15 is 0 Å². The molecule has 4 aromatic carbocycles. The van der Waals surface area contributed by atoms with Crippen molar-refractivity contribution < 1.29 is 28.7 Å². The van der Waals surface area contributed by atoms with Gasteiger partial charge in [-0.2, -0.15) is 11.8 Å². The fourth-order valence-corrected chi connectivity index (χ4v) is 19.1. The predicted octanol–water partition coefficient (Wildman–Crippen LogP) is 12.8. The number of fused-ring (bicyclic) bond motifs is 12. The fourth-order valence-electron chi connectivity index (χ4n) is 18.0. The summed E-state index contributed by atoms with van der Waals surface area (Å²) in [5.41, 5.74) is 20.0. The molecule has 17 rings (SSSR count). The Kier molecular flexibility index (Phi) is 23.8. The van der Waals surface area contributed by atoms with Gasteiger partial charge in [0.2, 0.25) is 23.6 Å². The smallest absolute Gasteiger partial charge is 0.410 e. The van der Waals surface area contributed by atoms with Gasteiger partial charge in [-0.3, -0.25) is 24.2 Å². The maximum absolute atomic E-state index is 13.4. The summed E-state index contributed by atoms with van der Waals surface area (Å²) in [7, 11) is 8.66. The molecule has 4 saturated heterocycles. The number of aromatic nitrogens is 5. The number of likely N-dealkylation sites (tertiary alicyclic amines) is 2. The van der Waals surface area contributed by atoms with E-state index in [1.807, 2.05) is 72.8 Å². The number of carbonyl (C=O) groups excluding carboxylic acids is 5. The summed E-state index contributed by atoms with van der Waals surface area (Å²) < 4.78 is 14.5. The first-order chi connectivity index (χ1) is 52.4. The van der Waals surface area contributed by atoms with Crippen LogP contribution >= 0.6 is 23.4 Å². The second-order valence-electron chi connectivity index (χ2n) is 33.2. The van der Waals surface area contributed by atoms with E-state index in [-0.39, 0.29) is 35.8 Å². The lowest BCUT2D eigenvalue weighted by Crippen LogP contribution is -2.52. The summed E-state index contributed by atoms with van der Waals surface area (Å²) >= 11 is 8.22. The monoisotopic (exact) mass is 1520 g/mol. The van der Waals surface area contributed by atoms with Gasteiger partial charge in [-0.15, -0.1) is 0 Å². The van der Waals surface area contributed by atoms with Gasteiger partial charge in [-0.1, -0.05) is 59.5 Å². The Morgan fingerprint density at radius 1 is 0.477 bits per heavy atom. The number of amides is 5. The molecule has 8 aliphatic rings. The molecule has 0 radical (unpaired) electrons. The van der Waals surface area contributed by atoms with Gasteiger partial charge in [0.25, 0.3) is 0 Å². The maximum atomic E-state index is 13.4. The zero-order valence-corrected chi connectivity index (χ0v) is 67.9. The number of carbonyl (C=O) groups is 5. The Morgan fingerprint density at radius 3 is 1.31 bits per heavy atom. The second kappa shape index (κ2) is 33.4. The summed E-state index contributed by atoms with van der Waals surface area (Å²) in [5.74, 6) is 3.62. The number of rotatable bonds is 9. The van der Waals surface area contributed by atoms with Crippen molar-refractivity contribution in [2.75, 3.05) is 125 Å². The van der Waals surface area contributed by atoms with Gasteiger partial charge in [-0.25, -0.2) is 4.79 Å². The molecule has 0 bridgehead atoms. The molecular formula is C87H113ClN14O6S. The van der Waals surface area contributed by atoms with Crippen LogP contribution < -0.4 is 0 Å². The molecule has 0 N–H and O–H groups in total. The van der Waals surface area contributed by atoms with Crippen LogP contribution in [0.5, 0.6) is 0 Å². The minimum Gasteiger partial charge on any atom is -0.444 e. The van der Waals surface area contributed by atoms with E-state index in [0.717, 1.165) is 158 Å². The van der Waals surface area contributed by atoms with E-state index in [2.05, 4.69) is 169 Å². The second-order valence-corrected chi connectivity index (χ2v) is 34.8. The number of likely N-dealkylation sites (N-methyl/N-ethyl adjacent to an activating group) is 4. The molecule has 22 heteroatoms. The van der Waals surface area contributed by atoms with Crippen LogP contribution in [-0.4, -0.2) is 227 Å². The molecule has 580 valence electrons. The normalized spacial score (nSPS) is 19.4. The first-order valence-electron chi connectivity index (χ1n) is 39.8. The highest BCUT2D eigenvalue weighted by atomic mass is 35.5. The number of nitrogens with zero attached hydrogens (tertiary/aromatic N) is 14. The topological polar surface area (TPSA) is 156 Å². The zero-order chi connectivity index (χ0) is 76.5. The minimum atomic E-state index is -0.518. The van der Waals surface area contributed by atoms with Crippen LogP contribution in [-0.2, 0) is 102 Å². The number of thioether (sulfide) groups is 1. The number of aryl methyl sites for hydroxylation is 3. The van der Waals surface area contributed by atoms with Crippen molar-refractivity contribution in [1.29, 1.82) is 0 Å². The van der Waals surface area contributed by atoms with Crippen molar-refractivity contribution >= 4 is 96.7 Å². The molecule has 9 aromatic rings. The van der Waals surface area contributed by atoms with Crippen LogP contribution in [0, 0.1) is 26.7 Å². The largest absolute Gasteiger partial charge is 0.444 e. The number of hydrogen-bond donors (Lipinski definition) is 0. The summed E-state index contributed by atoms with van der Waals surface area (Å²) in [4.78, 5) is 88.1. The third-order valence-corrected chi connectivity index (χ3v) is 24.9. The Balaban J connectivity index is 0.000000122. The van der Waals surface area contributed by atoms with Crippen LogP contribution in [0.2, 0.25) is 5.02 Å². The van der Waals surface area contributed by atoms with E-state index in [4.69, 9.17) is 16.3 Å². The first kappa shape index (κ1) is 77.5. The molecule has 5 aromatic heterocycles. The molecule has 0 spiro atoms. The van der Waals surface area contributed by atoms with Crippen molar-refractivity contribution in [3.63, 3.8) is 0 Å². The summed E-state index contributed by atoms with van der Waals surface area (Å²) in [6, 6.07) is 30.1. The highest BCUT2D eigenvalue weighted by molar-refractivity contribution is 7.99. The van der Waals surface area contributed by atoms with Gasteiger partial charge in [0.15, 0.2) is 0 Å². The molecular weight excluding hydrogens is 1400 g/mol. The molecule has 13 heterocycles. The highest BCUT2D eigenvalue weighted by Gasteiger charge is 2.35. The molecule has 4 fully saturated rings. The van der Waals surface area contributed by atoms with Crippen molar-refractivity contribution in [1.82, 2.24) is 67.4 Å². The van der Waals surface area contributed by atoms with Crippen molar-refractivity contribution in [3.05, 3.63) is 170 Å². The van der Waals surface area contributed by atoms with Crippen LogP contribution in [0.3, 0.4) is 0 Å². The summed E-state index contributed by atoms with van der Waals surface area (Å²) in [6.45, 7) is 30.4. The third-order valence-electron chi connectivity index (χ3n) is 23.7. The first-order valence-corrected chi connectivity index (χ1v) is 41.4. The number of piperazine rings is 1. The quantitative estimate of drug-likeness (QED) is 0.135. The van der Waals surface area contributed by atoms with Gasteiger partial charge >= 0.3 is 6.09 Å².